The van der Waals surface area contributed by atoms with Gasteiger partial charge in [-0.15, -0.1) is 11.3 Å². The highest BCUT2D eigenvalue weighted by molar-refractivity contribution is 7.14. The Kier molecular flexibility index (Phi) is 4.31. The highest BCUT2D eigenvalue weighted by Gasteiger charge is 2.09. The van der Waals surface area contributed by atoms with Gasteiger partial charge in [-0.25, -0.2) is 9.97 Å². The molecule has 120 valence electrons. The highest BCUT2D eigenvalue weighted by atomic mass is 32.1. The highest BCUT2D eigenvalue weighted by Crippen LogP contribution is 2.27. The van der Waals surface area contributed by atoms with Crippen molar-refractivity contribution in [3.05, 3.63) is 59.7 Å². The molecular weight excluding hydrogens is 320 g/mol. The van der Waals surface area contributed by atoms with E-state index < -0.39 is 0 Å². The Labute approximate surface area is 144 Å². The summed E-state index contributed by atoms with van der Waals surface area (Å²) in [5, 5.41) is 6.09. The second-order valence-corrected chi connectivity index (χ2v) is 6.22. The molecule has 4 heterocycles. The van der Waals surface area contributed by atoms with Crippen LogP contribution < -0.4 is 5.32 Å². The molecule has 4 rings (SSSR count). The lowest BCUT2D eigenvalue weighted by atomic mass is 10.0. The summed E-state index contributed by atoms with van der Waals surface area (Å²) in [4.78, 5) is 13.3. The van der Waals surface area contributed by atoms with Gasteiger partial charge in [0.15, 0.2) is 5.13 Å². The van der Waals surface area contributed by atoms with Crippen molar-refractivity contribution in [2.75, 3.05) is 18.5 Å². The van der Waals surface area contributed by atoms with Gasteiger partial charge in [0.2, 0.25) is 0 Å². The van der Waals surface area contributed by atoms with Crippen molar-refractivity contribution in [3.63, 3.8) is 0 Å². The first-order valence-corrected chi connectivity index (χ1v) is 8.63. The minimum atomic E-state index is 0.681. The summed E-state index contributed by atoms with van der Waals surface area (Å²) in [5.74, 6) is 0.793. The zero-order valence-electron chi connectivity index (χ0n) is 13.0. The fourth-order valence-electron chi connectivity index (χ4n) is 2.56. The third-order valence-corrected chi connectivity index (χ3v) is 4.52. The minimum Gasteiger partial charge on any atom is -0.377 e. The number of rotatable bonds is 4. The lowest BCUT2D eigenvalue weighted by Crippen LogP contribution is -2.04. The van der Waals surface area contributed by atoms with Gasteiger partial charge in [0.25, 0.3) is 0 Å². The predicted molar refractivity (Wildman–Crippen MR) is 96.3 cm³/mol. The zero-order chi connectivity index (χ0) is 16.2. The summed E-state index contributed by atoms with van der Waals surface area (Å²) in [6, 6.07) is 9.90. The van der Waals surface area contributed by atoms with Crippen molar-refractivity contribution in [2.45, 2.75) is 6.42 Å². The van der Waals surface area contributed by atoms with E-state index in [-0.39, 0.29) is 0 Å². The first-order chi connectivity index (χ1) is 11.9. The molecular formula is C18H16N4OS. The second kappa shape index (κ2) is 6.90. The molecule has 0 saturated heterocycles. The number of hydrogen-bond acceptors (Lipinski definition) is 6. The van der Waals surface area contributed by atoms with Crippen LogP contribution in [0.3, 0.4) is 0 Å². The van der Waals surface area contributed by atoms with Gasteiger partial charge in [0.1, 0.15) is 11.5 Å². The molecule has 1 aliphatic rings. The van der Waals surface area contributed by atoms with Gasteiger partial charge in [-0.1, -0.05) is 12.1 Å². The maximum Gasteiger partial charge on any atom is 0.188 e. The van der Waals surface area contributed by atoms with E-state index in [0.717, 1.165) is 35.4 Å². The SMILES string of the molecule is C1=C(c2ccnc(Nc3nc(-c4ccccn4)cs3)c2)CCOC1. The molecule has 0 bridgehead atoms. The van der Waals surface area contributed by atoms with E-state index >= 15 is 0 Å². The molecule has 0 atom stereocenters. The average Bonchev–Trinajstić information content (AvgIpc) is 3.12. The Morgan fingerprint density at radius 3 is 2.92 bits per heavy atom. The number of nitrogens with zero attached hydrogens (tertiary/aromatic N) is 3. The van der Waals surface area contributed by atoms with Crippen LogP contribution in [-0.2, 0) is 4.74 Å². The Hall–Kier alpha value is -2.57. The number of anilines is 2. The molecule has 0 unspecified atom stereocenters. The quantitative estimate of drug-likeness (QED) is 0.775. The fraction of sp³-hybridized carbons (Fsp3) is 0.167. The minimum absolute atomic E-state index is 0.681. The molecule has 1 N–H and O–H groups in total. The lowest BCUT2D eigenvalue weighted by molar-refractivity contribution is 0.161. The molecule has 5 nitrogen and oxygen atoms in total. The average molecular weight is 336 g/mol. The Morgan fingerprint density at radius 1 is 1.08 bits per heavy atom. The first-order valence-electron chi connectivity index (χ1n) is 7.76. The van der Waals surface area contributed by atoms with Gasteiger partial charge in [0, 0.05) is 17.8 Å². The first kappa shape index (κ1) is 15.0. The largest absolute Gasteiger partial charge is 0.377 e. The predicted octanol–water partition coefficient (Wildman–Crippen LogP) is 4.15. The van der Waals surface area contributed by atoms with Crippen molar-refractivity contribution < 1.29 is 4.74 Å². The van der Waals surface area contributed by atoms with E-state index in [1.165, 1.54) is 11.1 Å². The van der Waals surface area contributed by atoms with Crippen molar-refractivity contribution in [3.8, 4) is 11.4 Å². The summed E-state index contributed by atoms with van der Waals surface area (Å²) in [5.41, 5.74) is 4.22. The van der Waals surface area contributed by atoms with Crippen molar-refractivity contribution in [1.82, 2.24) is 15.0 Å². The molecule has 3 aromatic rings. The number of ether oxygens (including phenoxy) is 1. The molecule has 0 saturated carbocycles. The van der Waals surface area contributed by atoms with E-state index in [0.29, 0.717) is 6.61 Å². The van der Waals surface area contributed by atoms with Crippen LogP contribution in [0, 0.1) is 0 Å². The third kappa shape index (κ3) is 3.34. The molecule has 1 aliphatic heterocycles. The van der Waals surface area contributed by atoms with Crippen LogP contribution in [0.15, 0.2) is 54.2 Å². The van der Waals surface area contributed by atoms with Gasteiger partial charge in [-0.05, 0) is 41.8 Å². The van der Waals surface area contributed by atoms with Gasteiger partial charge in [0.05, 0.1) is 18.9 Å². The van der Waals surface area contributed by atoms with Gasteiger partial charge < -0.3 is 10.1 Å². The molecule has 0 amide bonds. The maximum atomic E-state index is 5.37. The number of aromatic nitrogens is 3. The molecule has 0 aliphatic carbocycles. The topological polar surface area (TPSA) is 59.9 Å². The smallest absolute Gasteiger partial charge is 0.188 e. The van der Waals surface area contributed by atoms with Crippen molar-refractivity contribution in [2.24, 2.45) is 0 Å². The normalized spacial score (nSPS) is 14.2. The van der Waals surface area contributed by atoms with Gasteiger partial charge >= 0.3 is 0 Å². The standard InChI is InChI=1S/C18H16N4OS/c1-2-7-19-15(3-1)16-12-24-18(21-16)22-17-11-14(4-8-20-17)13-5-9-23-10-6-13/h1-5,7-8,11-12H,6,9-10H2,(H,20,21,22). The van der Waals surface area contributed by atoms with Gasteiger partial charge in [-0.3, -0.25) is 4.98 Å². The van der Waals surface area contributed by atoms with E-state index in [4.69, 9.17) is 4.74 Å². The van der Waals surface area contributed by atoms with Crippen LogP contribution in [-0.4, -0.2) is 28.2 Å². The number of thiazole rings is 1. The Balaban J connectivity index is 1.54. The third-order valence-electron chi connectivity index (χ3n) is 3.76. The summed E-state index contributed by atoms with van der Waals surface area (Å²) in [7, 11) is 0. The van der Waals surface area contributed by atoms with Crippen LogP contribution in [0.1, 0.15) is 12.0 Å². The van der Waals surface area contributed by atoms with E-state index in [1.807, 2.05) is 35.8 Å². The summed E-state index contributed by atoms with van der Waals surface area (Å²) in [6.07, 6.45) is 6.66. The molecule has 6 heteroatoms. The van der Waals surface area contributed by atoms with Crippen molar-refractivity contribution >= 4 is 27.9 Å². The molecule has 24 heavy (non-hydrogen) atoms. The zero-order valence-corrected chi connectivity index (χ0v) is 13.8. The summed E-state index contributed by atoms with van der Waals surface area (Å²) >= 11 is 1.54. The molecule has 0 radical (unpaired) electrons. The van der Waals surface area contributed by atoms with Crippen LogP contribution in [0.5, 0.6) is 0 Å². The summed E-state index contributed by atoms with van der Waals surface area (Å²) in [6.45, 7) is 1.46. The molecule has 0 fully saturated rings. The van der Waals surface area contributed by atoms with Crippen molar-refractivity contribution in [1.29, 1.82) is 0 Å². The number of nitrogens with one attached hydrogen (secondary N) is 1. The Morgan fingerprint density at radius 2 is 2.08 bits per heavy atom. The number of hydrogen-bond donors (Lipinski definition) is 1. The lowest BCUT2D eigenvalue weighted by Gasteiger charge is -2.14. The van der Waals surface area contributed by atoms with E-state index in [9.17, 15) is 0 Å². The van der Waals surface area contributed by atoms with Crippen LogP contribution in [0.25, 0.3) is 17.0 Å². The summed E-state index contributed by atoms with van der Waals surface area (Å²) < 4.78 is 5.37. The van der Waals surface area contributed by atoms with Gasteiger partial charge in [-0.2, -0.15) is 0 Å². The molecule has 3 aromatic heterocycles. The fourth-order valence-corrected chi connectivity index (χ4v) is 3.27. The Bertz CT molecular complexity index is 860. The monoisotopic (exact) mass is 336 g/mol. The molecule has 0 aromatic carbocycles. The second-order valence-electron chi connectivity index (χ2n) is 5.36. The van der Waals surface area contributed by atoms with Crippen LogP contribution in [0.2, 0.25) is 0 Å². The van der Waals surface area contributed by atoms with Crippen LogP contribution in [0.4, 0.5) is 10.9 Å². The molecule has 0 spiro atoms. The van der Waals surface area contributed by atoms with Crippen LogP contribution >= 0.6 is 11.3 Å². The van der Waals surface area contributed by atoms with E-state index in [1.54, 1.807) is 17.5 Å². The number of pyridine rings is 2. The van der Waals surface area contributed by atoms with E-state index in [2.05, 4.69) is 32.4 Å². The maximum absolute atomic E-state index is 5.37.